The zero-order valence-corrected chi connectivity index (χ0v) is 19.5. The summed E-state index contributed by atoms with van der Waals surface area (Å²) in [6, 6.07) is 14.2. The summed E-state index contributed by atoms with van der Waals surface area (Å²) < 4.78 is 5.53. The summed E-state index contributed by atoms with van der Waals surface area (Å²) in [6.45, 7) is 7.75. The number of hydrogen-bond acceptors (Lipinski definition) is 2. The van der Waals surface area contributed by atoms with Crippen molar-refractivity contribution < 1.29 is 25.1 Å². The molecule has 0 bridgehead atoms. The van der Waals surface area contributed by atoms with E-state index >= 15 is 0 Å². The van der Waals surface area contributed by atoms with Crippen LogP contribution in [0, 0.1) is 6.92 Å². The second kappa shape index (κ2) is 11.0. The Balaban J connectivity index is 0.000000335. The predicted molar refractivity (Wildman–Crippen MR) is 121 cm³/mol. The molecule has 0 amide bonds. The molecule has 30 heavy (non-hydrogen) atoms. The molecule has 2 N–H and O–H groups in total. The van der Waals surface area contributed by atoms with Gasteiger partial charge in [0.15, 0.2) is 0 Å². The van der Waals surface area contributed by atoms with Gasteiger partial charge in [0.25, 0.3) is 0 Å². The minimum Gasteiger partial charge on any atom is -0.676 e. The van der Waals surface area contributed by atoms with Gasteiger partial charge in [0.1, 0.15) is 0 Å². The molecule has 2 aromatic carbocycles. The summed E-state index contributed by atoms with van der Waals surface area (Å²) in [6.07, 6.45) is 4.25. The molecule has 0 aliphatic heterocycles. The number of aryl methyl sites for hydroxylation is 1. The number of hydrogen-bond donors (Lipinski definition) is 0. The standard InChI is InChI=1S/C19H20O2.C6H12N2.Mn/c1-13-11-14(2)18(21-15(3)20)17(12-13)19(4,5)16-9-7-6-8-10-16;7-5-3-1-2-4-6(5)8;/h2,6-12H,1,3-5H3;5-8H,1-4H2;/q;-2;. The van der Waals surface area contributed by atoms with Crippen LogP contribution in [0.15, 0.2) is 42.5 Å². The Bertz CT molecular complexity index is 855. The quantitative estimate of drug-likeness (QED) is 0.311. The maximum absolute atomic E-state index is 11.5. The van der Waals surface area contributed by atoms with E-state index in [2.05, 4.69) is 47.6 Å². The molecular formula is C25H32MnN2O2-2. The van der Waals surface area contributed by atoms with Gasteiger partial charge >= 0.3 is 140 Å². The van der Waals surface area contributed by atoms with Gasteiger partial charge in [0.05, 0.1) is 0 Å². The van der Waals surface area contributed by atoms with E-state index in [1.165, 1.54) is 25.3 Å². The number of carbonyl (C=O) groups excluding carboxylic acids is 1. The van der Waals surface area contributed by atoms with Crippen LogP contribution in [0.5, 0.6) is 5.75 Å². The first-order valence-electron chi connectivity index (χ1n) is 10.4. The van der Waals surface area contributed by atoms with Gasteiger partial charge < -0.3 is 11.5 Å². The van der Waals surface area contributed by atoms with Crippen LogP contribution < -0.4 is 4.74 Å². The minimum atomic E-state index is -0.315. The van der Waals surface area contributed by atoms with Gasteiger partial charge in [-0.05, 0) is 0 Å². The fourth-order valence-electron chi connectivity index (χ4n) is 3.75. The first kappa shape index (κ1) is 24.5. The zero-order chi connectivity index (χ0) is 22.3. The molecule has 0 saturated heterocycles. The van der Waals surface area contributed by atoms with Crippen molar-refractivity contribution in [2.75, 3.05) is 0 Å². The first-order valence-corrected chi connectivity index (χ1v) is 11.1. The van der Waals surface area contributed by atoms with E-state index in [0.29, 0.717) is 5.75 Å². The van der Waals surface area contributed by atoms with Crippen LogP contribution >= 0.6 is 0 Å². The molecular weight excluding hydrogens is 415 g/mol. The number of rotatable bonds is 4. The Morgan fingerprint density at radius 1 is 1.10 bits per heavy atom. The monoisotopic (exact) mass is 447 g/mol. The van der Waals surface area contributed by atoms with Crippen molar-refractivity contribution in [3.63, 3.8) is 0 Å². The van der Waals surface area contributed by atoms with E-state index in [-0.39, 0.29) is 23.5 Å². The van der Waals surface area contributed by atoms with Crippen LogP contribution in [-0.4, -0.2) is 23.0 Å². The SMILES string of the molecule is CC(=O)Oc1c([CH]=[Mn])cc(C)cc1C(C)(C)c1ccccc1.[NH-]C1CCCCC1[NH-]. The summed E-state index contributed by atoms with van der Waals surface area (Å²) in [7, 11) is 0. The molecule has 2 atom stereocenters. The fourth-order valence-corrected chi connectivity index (χ4v) is 4.00. The summed E-state index contributed by atoms with van der Waals surface area (Å²) in [5.74, 6) is 0.299. The molecule has 0 aromatic heterocycles. The number of nitrogens with one attached hydrogen (secondary N) is 2. The van der Waals surface area contributed by atoms with Gasteiger partial charge in [-0.15, -0.1) is 0 Å². The van der Waals surface area contributed by atoms with Crippen LogP contribution in [-0.2, 0) is 25.8 Å². The third-order valence-corrected chi connectivity index (χ3v) is 5.93. The fraction of sp³-hybridized carbons (Fsp3) is 0.440. The third kappa shape index (κ3) is 6.36. The Morgan fingerprint density at radius 2 is 1.67 bits per heavy atom. The Morgan fingerprint density at radius 3 is 2.13 bits per heavy atom. The number of benzene rings is 2. The molecule has 1 fully saturated rings. The molecule has 163 valence electrons. The first-order chi connectivity index (χ1) is 14.2. The van der Waals surface area contributed by atoms with Crippen molar-refractivity contribution >= 4 is 10.9 Å². The van der Waals surface area contributed by atoms with Gasteiger partial charge in [0, 0.05) is 0 Å². The van der Waals surface area contributed by atoms with E-state index in [1.54, 1.807) is 4.92 Å². The Hall–Kier alpha value is -1.78. The largest absolute Gasteiger partial charge is 0.676 e. The van der Waals surface area contributed by atoms with Gasteiger partial charge in [-0.2, -0.15) is 12.1 Å². The number of carbonyl (C=O) groups is 1. The van der Waals surface area contributed by atoms with E-state index < -0.39 is 0 Å². The summed E-state index contributed by atoms with van der Waals surface area (Å²) in [4.78, 5) is 13.3. The maximum atomic E-state index is 11.5. The van der Waals surface area contributed by atoms with Crippen LogP contribution in [0.3, 0.4) is 0 Å². The van der Waals surface area contributed by atoms with E-state index in [9.17, 15) is 4.79 Å². The minimum absolute atomic E-state index is 0.0799. The number of esters is 1. The molecule has 0 spiro atoms. The summed E-state index contributed by atoms with van der Waals surface area (Å²) in [5, 5.41) is 0. The van der Waals surface area contributed by atoms with Gasteiger partial charge in [-0.1, -0.05) is 25.7 Å². The summed E-state index contributed by atoms with van der Waals surface area (Å²) >= 11 is 3.37. The van der Waals surface area contributed by atoms with E-state index in [1.807, 2.05) is 31.2 Å². The topological polar surface area (TPSA) is 73.9 Å². The zero-order valence-electron chi connectivity index (χ0n) is 18.3. The molecule has 1 aliphatic rings. The van der Waals surface area contributed by atoms with E-state index in [0.717, 1.165) is 29.5 Å². The smallest absolute Gasteiger partial charge is 0.0548 e. The molecule has 1 saturated carbocycles. The second-order valence-electron chi connectivity index (χ2n) is 8.42. The normalized spacial score (nSPS) is 18.7. The molecule has 0 heterocycles. The van der Waals surface area contributed by atoms with E-state index in [4.69, 9.17) is 16.2 Å². The average molecular weight is 447 g/mol. The Kier molecular flexibility index (Phi) is 8.99. The van der Waals surface area contributed by atoms with Gasteiger partial charge in [-0.3, -0.25) is 0 Å². The summed E-state index contributed by atoms with van der Waals surface area (Å²) in [5.41, 5.74) is 18.5. The molecule has 4 nitrogen and oxygen atoms in total. The second-order valence-corrected chi connectivity index (χ2v) is 8.76. The molecule has 1 aliphatic carbocycles. The molecule has 3 rings (SSSR count). The molecule has 2 aromatic rings. The van der Waals surface area contributed by atoms with Gasteiger partial charge in [-0.25, -0.2) is 0 Å². The van der Waals surface area contributed by atoms with Crippen molar-refractivity contribution in [2.45, 2.75) is 70.9 Å². The van der Waals surface area contributed by atoms with Crippen molar-refractivity contribution in [1.82, 2.24) is 0 Å². The third-order valence-electron chi connectivity index (χ3n) is 5.56. The van der Waals surface area contributed by atoms with Crippen molar-refractivity contribution in [3.8, 4) is 5.75 Å². The molecule has 0 radical (unpaired) electrons. The van der Waals surface area contributed by atoms with Crippen LogP contribution in [0.2, 0.25) is 0 Å². The Labute approximate surface area is 188 Å². The van der Waals surface area contributed by atoms with Gasteiger partial charge in [0.2, 0.25) is 0 Å². The molecule has 2 unspecified atom stereocenters. The van der Waals surface area contributed by atoms with Crippen LogP contribution in [0.25, 0.3) is 11.5 Å². The predicted octanol–water partition coefficient (Wildman–Crippen LogP) is 6.35. The van der Waals surface area contributed by atoms with Crippen molar-refractivity contribution in [3.05, 3.63) is 76.2 Å². The molecule has 5 heteroatoms. The maximum Gasteiger partial charge on any atom is -0.0548 e. The van der Waals surface area contributed by atoms with Crippen LogP contribution in [0.1, 0.15) is 68.7 Å². The number of ether oxygens (including phenoxy) is 1. The van der Waals surface area contributed by atoms with Crippen molar-refractivity contribution in [2.24, 2.45) is 0 Å². The average Bonchev–Trinajstić information content (AvgIpc) is 2.72. The van der Waals surface area contributed by atoms with Crippen LogP contribution in [0.4, 0.5) is 0 Å². The van der Waals surface area contributed by atoms with Crippen molar-refractivity contribution in [1.29, 1.82) is 0 Å².